The Kier molecular flexibility index (Phi) is 1.61. The lowest BCUT2D eigenvalue weighted by Gasteiger charge is -1.98. The van der Waals surface area contributed by atoms with Crippen LogP contribution in [0.5, 0.6) is 0 Å². The van der Waals surface area contributed by atoms with E-state index in [9.17, 15) is 0 Å². The molecule has 2 heterocycles. The maximum absolute atomic E-state index is 6.01. The molecule has 5 heteroatoms. The first-order chi connectivity index (χ1) is 7.25. The minimum absolute atomic E-state index is 0.352. The van der Waals surface area contributed by atoms with Gasteiger partial charge in [0.05, 0.1) is 5.52 Å². The molecule has 0 amide bonds. The Bertz CT molecular complexity index is 659. The fourth-order valence-corrected chi connectivity index (χ4v) is 1.90. The van der Waals surface area contributed by atoms with Crippen LogP contribution >= 0.6 is 11.6 Å². The van der Waals surface area contributed by atoms with Crippen molar-refractivity contribution in [3.05, 3.63) is 29.4 Å². The summed E-state index contributed by atoms with van der Waals surface area (Å²) in [5.41, 5.74) is 7.87. The van der Waals surface area contributed by atoms with Gasteiger partial charge >= 0.3 is 0 Å². The third-order valence-electron chi connectivity index (χ3n) is 2.31. The van der Waals surface area contributed by atoms with Gasteiger partial charge in [0.25, 0.3) is 0 Å². The number of nitrogens with one attached hydrogen (secondary N) is 1. The average molecular weight is 219 g/mol. The molecule has 0 saturated heterocycles. The number of rotatable bonds is 0. The normalized spacial score (nSPS) is 11.3. The van der Waals surface area contributed by atoms with Crippen molar-refractivity contribution in [1.29, 1.82) is 0 Å². The maximum atomic E-state index is 6.01. The van der Waals surface area contributed by atoms with Gasteiger partial charge < -0.3 is 10.7 Å². The number of nitrogens with two attached hydrogens (primary N) is 1. The SMILES string of the molecule is Nc1nc2c([nH]1)c(Cl)nc1ccccc12. The van der Waals surface area contributed by atoms with Crippen LogP contribution in [-0.4, -0.2) is 15.0 Å². The first-order valence-corrected chi connectivity index (χ1v) is 4.83. The van der Waals surface area contributed by atoms with E-state index >= 15 is 0 Å². The fraction of sp³-hybridized carbons (Fsp3) is 0. The van der Waals surface area contributed by atoms with E-state index < -0.39 is 0 Å². The van der Waals surface area contributed by atoms with E-state index in [0.29, 0.717) is 16.6 Å². The molecule has 0 fully saturated rings. The molecule has 0 unspecified atom stereocenters. The summed E-state index contributed by atoms with van der Waals surface area (Å²) in [6.07, 6.45) is 0. The summed E-state index contributed by atoms with van der Waals surface area (Å²) in [4.78, 5) is 11.3. The zero-order chi connectivity index (χ0) is 10.4. The lowest BCUT2D eigenvalue weighted by molar-refractivity contribution is 1.35. The Morgan fingerprint density at radius 2 is 2.00 bits per heavy atom. The zero-order valence-corrected chi connectivity index (χ0v) is 8.42. The van der Waals surface area contributed by atoms with Crippen LogP contribution in [0.15, 0.2) is 24.3 Å². The van der Waals surface area contributed by atoms with Crippen LogP contribution in [0.4, 0.5) is 5.95 Å². The third-order valence-corrected chi connectivity index (χ3v) is 2.58. The highest BCUT2D eigenvalue weighted by atomic mass is 35.5. The number of imidazole rings is 1. The first kappa shape index (κ1) is 8.49. The summed E-state index contributed by atoms with van der Waals surface area (Å²) in [6, 6.07) is 7.68. The second kappa shape index (κ2) is 2.84. The number of aromatic nitrogens is 3. The van der Waals surface area contributed by atoms with Crippen LogP contribution in [0.2, 0.25) is 5.15 Å². The maximum Gasteiger partial charge on any atom is 0.198 e. The quantitative estimate of drug-likeness (QED) is 0.569. The van der Waals surface area contributed by atoms with Crippen LogP contribution in [0.25, 0.3) is 21.9 Å². The van der Waals surface area contributed by atoms with Crippen LogP contribution in [0.1, 0.15) is 0 Å². The summed E-state index contributed by atoms with van der Waals surface area (Å²) in [5, 5.41) is 1.35. The second-order valence-corrected chi connectivity index (χ2v) is 3.62. The molecule has 15 heavy (non-hydrogen) atoms. The van der Waals surface area contributed by atoms with Crippen LogP contribution < -0.4 is 5.73 Å². The number of anilines is 1. The number of fused-ring (bicyclic) bond motifs is 3. The molecule has 0 atom stereocenters. The number of halogens is 1. The smallest absolute Gasteiger partial charge is 0.198 e. The van der Waals surface area contributed by atoms with Gasteiger partial charge in [0.1, 0.15) is 11.0 Å². The number of benzene rings is 1. The molecule has 0 aliphatic carbocycles. The first-order valence-electron chi connectivity index (χ1n) is 4.45. The molecule has 74 valence electrons. The van der Waals surface area contributed by atoms with Gasteiger partial charge in [0, 0.05) is 5.39 Å². The Hall–Kier alpha value is -1.81. The minimum Gasteiger partial charge on any atom is -0.369 e. The Morgan fingerprint density at radius 1 is 1.20 bits per heavy atom. The summed E-state index contributed by atoms with van der Waals surface area (Å²) >= 11 is 6.01. The molecular weight excluding hydrogens is 212 g/mol. The zero-order valence-electron chi connectivity index (χ0n) is 7.66. The van der Waals surface area contributed by atoms with E-state index in [0.717, 1.165) is 16.4 Å². The summed E-state index contributed by atoms with van der Waals surface area (Å²) in [5.74, 6) is 0.352. The van der Waals surface area contributed by atoms with E-state index in [2.05, 4.69) is 15.0 Å². The predicted octanol–water partition coefficient (Wildman–Crippen LogP) is 2.35. The van der Waals surface area contributed by atoms with Crippen molar-refractivity contribution in [1.82, 2.24) is 15.0 Å². The molecule has 3 rings (SSSR count). The molecule has 0 saturated carbocycles. The topological polar surface area (TPSA) is 67.6 Å². The molecule has 3 N–H and O–H groups in total. The largest absolute Gasteiger partial charge is 0.369 e. The van der Waals surface area contributed by atoms with Crippen molar-refractivity contribution >= 4 is 39.5 Å². The van der Waals surface area contributed by atoms with Gasteiger partial charge in [-0.15, -0.1) is 0 Å². The van der Waals surface area contributed by atoms with E-state index in [-0.39, 0.29) is 0 Å². The molecule has 2 aromatic heterocycles. The van der Waals surface area contributed by atoms with Gasteiger partial charge in [-0.05, 0) is 6.07 Å². The van der Waals surface area contributed by atoms with Gasteiger partial charge in [-0.3, -0.25) is 0 Å². The van der Waals surface area contributed by atoms with E-state index in [1.54, 1.807) is 0 Å². The number of para-hydroxylation sites is 1. The van der Waals surface area contributed by atoms with E-state index in [1.807, 2.05) is 24.3 Å². The van der Waals surface area contributed by atoms with E-state index in [1.165, 1.54) is 0 Å². The fourth-order valence-electron chi connectivity index (χ4n) is 1.67. The number of nitrogen functional groups attached to an aromatic ring is 1. The second-order valence-electron chi connectivity index (χ2n) is 3.27. The number of H-pyrrole nitrogens is 1. The summed E-state index contributed by atoms with van der Waals surface area (Å²) in [7, 11) is 0. The number of pyridine rings is 1. The Balaban J connectivity index is 2.63. The third kappa shape index (κ3) is 1.15. The molecule has 4 nitrogen and oxygen atoms in total. The number of hydrogen-bond donors (Lipinski definition) is 2. The highest BCUT2D eigenvalue weighted by Gasteiger charge is 2.09. The van der Waals surface area contributed by atoms with Gasteiger partial charge in [0.2, 0.25) is 0 Å². The van der Waals surface area contributed by atoms with Gasteiger partial charge in [0.15, 0.2) is 11.1 Å². The van der Waals surface area contributed by atoms with Crippen molar-refractivity contribution in [2.45, 2.75) is 0 Å². The van der Waals surface area contributed by atoms with Gasteiger partial charge in [-0.2, -0.15) is 0 Å². The van der Waals surface area contributed by atoms with Crippen molar-refractivity contribution < 1.29 is 0 Å². The molecule has 0 radical (unpaired) electrons. The number of nitrogens with zero attached hydrogens (tertiary/aromatic N) is 2. The van der Waals surface area contributed by atoms with Gasteiger partial charge in [-0.1, -0.05) is 29.8 Å². The molecule has 0 aliphatic rings. The molecular formula is C10H7ClN4. The lowest BCUT2D eigenvalue weighted by Crippen LogP contribution is -1.84. The number of hydrogen-bond acceptors (Lipinski definition) is 3. The predicted molar refractivity (Wildman–Crippen MR) is 60.8 cm³/mol. The van der Waals surface area contributed by atoms with Crippen molar-refractivity contribution in [3.8, 4) is 0 Å². The van der Waals surface area contributed by atoms with Crippen LogP contribution in [0, 0.1) is 0 Å². The summed E-state index contributed by atoms with van der Waals surface area (Å²) in [6.45, 7) is 0. The molecule has 0 spiro atoms. The monoisotopic (exact) mass is 218 g/mol. The highest BCUT2D eigenvalue weighted by molar-refractivity contribution is 6.35. The van der Waals surface area contributed by atoms with Gasteiger partial charge in [-0.25, -0.2) is 9.97 Å². The van der Waals surface area contributed by atoms with Crippen molar-refractivity contribution in [3.63, 3.8) is 0 Å². The Morgan fingerprint density at radius 3 is 2.87 bits per heavy atom. The highest BCUT2D eigenvalue weighted by Crippen LogP contribution is 2.27. The summed E-state index contributed by atoms with van der Waals surface area (Å²) < 4.78 is 0. The van der Waals surface area contributed by atoms with Crippen molar-refractivity contribution in [2.24, 2.45) is 0 Å². The van der Waals surface area contributed by atoms with Crippen molar-refractivity contribution in [2.75, 3.05) is 5.73 Å². The van der Waals surface area contributed by atoms with Crippen LogP contribution in [0.3, 0.4) is 0 Å². The van der Waals surface area contributed by atoms with E-state index in [4.69, 9.17) is 17.3 Å². The molecule has 0 aliphatic heterocycles. The molecule has 1 aromatic carbocycles. The van der Waals surface area contributed by atoms with Crippen LogP contribution in [-0.2, 0) is 0 Å². The minimum atomic E-state index is 0.352. The lowest BCUT2D eigenvalue weighted by atomic mass is 10.2. The average Bonchev–Trinajstić information content (AvgIpc) is 2.61. The number of aromatic amines is 1. The standard InChI is InChI=1S/C10H7ClN4/c11-9-8-7(14-10(12)15-8)5-3-1-2-4-6(5)13-9/h1-4H,(H3,12,14,15). The molecule has 0 bridgehead atoms. The Labute approximate surface area is 90.1 Å². The molecule has 3 aromatic rings.